The van der Waals surface area contributed by atoms with Crippen molar-refractivity contribution in [2.75, 3.05) is 33.8 Å². The fraction of sp³-hybridized carbons (Fsp3) is 0.344. The molecule has 42 heavy (non-hydrogen) atoms. The molecule has 10 heteroatoms. The summed E-state index contributed by atoms with van der Waals surface area (Å²) >= 11 is 1.28. The third-order valence-electron chi connectivity index (χ3n) is 7.06. The molecule has 0 saturated heterocycles. The van der Waals surface area contributed by atoms with Crippen LogP contribution in [-0.2, 0) is 24.2 Å². The predicted octanol–water partition coefficient (Wildman–Crippen LogP) is 5.75. The van der Waals surface area contributed by atoms with Crippen molar-refractivity contribution in [2.45, 2.75) is 50.1 Å². The number of benzene rings is 3. The minimum Gasteiger partial charge on any atom is -0.493 e. The molecule has 0 spiro atoms. The van der Waals surface area contributed by atoms with Gasteiger partial charge in [0, 0.05) is 18.3 Å². The van der Waals surface area contributed by atoms with E-state index in [4.69, 9.17) is 23.9 Å². The topological polar surface area (TPSA) is 101 Å². The predicted molar refractivity (Wildman–Crippen MR) is 167 cm³/mol. The van der Waals surface area contributed by atoms with Gasteiger partial charge in [-0.25, -0.2) is 4.98 Å². The standard InChI is InChI=1S/C32H37N3O6S/c1-7-21-11-9-10-12-23(21)33-30(36)29(8-2)42-32-34-24-19-28(41-6)27(40-5)18-22(24)31(37)35(32)16-15-20-13-14-25(38-3)26(17-20)39-4/h9-14,17-19,29H,7-8,15-16H2,1-6H3,(H,33,36)/t29-/m1/s1. The van der Waals surface area contributed by atoms with Crippen LogP contribution < -0.4 is 29.8 Å². The van der Waals surface area contributed by atoms with E-state index in [0.717, 1.165) is 23.2 Å². The second kappa shape index (κ2) is 14.1. The van der Waals surface area contributed by atoms with Gasteiger partial charge in [0.25, 0.3) is 5.56 Å². The molecule has 0 aliphatic heterocycles. The molecule has 1 atom stereocenters. The number of amides is 1. The normalized spacial score (nSPS) is 11.7. The lowest BCUT2D eigenvalue weighted by molar-refractivity contribution is -0.115. The molecular weight excluding hydrogens is 554 g/mol. The van der Waals surface area contributed by atoms with Gasteiger partial charge in [-0.05, 0) is 54.7 Å². The van der Waals surface area contributed by atoms with E-state index in [1.165, 1.54) is 26.0 Å². The highest BCUT2D eigenvalue weighted by Crippen LogP contribution is 2.33. The fourth-order valence-corrected chi connectivity index (χ4v) is 5.74. The Hall–Kier alpha value is -4.18. The molecule has 4 aromatic rings. The van der Waals surface area contributed by atoms with Crippen molar-refractivity contribution in [1.29, 1.82) is 0 Å². The van der Waals surface area contributed by atoms with E-state index in [1.807, 2.05) is 49.4 Å². The molecule has 0 radical (unpaired) electrons. The molecule has 1 amide bonds. The summed E-state index contributed by atoms with van der Waals surface area (Å²) in [5, 5.41) is 3.45. The zero-order chi connectivity index (χ0) is 30.2. The van der Waals surface area contributed by atoms with Crippen molar-refractivity contribution in [1.82, 2.24) is 9.55 Å². The molecule has 0 aliphatic rings. The lowest BCUT2D eigenvalue weighted by atomic mass is 10.1. The van der Waals surface area contributed by atoms with Gasteiger partial charge < -0.3 is 24.3 Å². The molecule has 9 nitrogen and oxygen atoms in total. The van der Waals surface area contributed by atoms with Crippen LogP contribution in [-0.4, -0.2) is 49.1 Å². The van der Waals surface area contributed by atoms with Crippen LogP contribution >= 0.6 is 11.8 Å². The Labute approximate surface area is 250 Å². The maximum atomic E-state index is 13.9. The number of hydrogen-bond donors (Lipinski definition) is 1. The smallest absolute Gasteiger partial charge is 0.262 e. The van der Waals surface area contributed by atoms with Gasteiger partial charge in [-0.15, -0.1) is 0 Å². The van der Waals surface area contributed by atoms with Crippen LogP contribution in [0.3, 0.4) is 0 Å². The fourth-order valence-electron chi connectivity index (χ4n) is 4.71. The molecule has 0 aliphatic carbocycles. The number of para-hydroxylation sites is 1. The van der Waals surface area contributed by atoms with Gasteiger partial charge in [0.1, 0.15) is 0 Å². The number of aryl methyl sites for hydroxylation is 2. The highest BCUT2D eigenvalue weighted by atomic mass is 32.2. The van der Waals surface area contributed by atoms with E-state index in [1.54, 1.807) is 30.9 Å². The van der Waals surface area contributed by atoms with Crippen molar-refractivity contribution in [2.24, 2.45) is 0 Å². The summed E-state index contributed by atoms with van der Waals surface area (Å²) in [6.07, 6.45) is 1.87. The lowest BCUT2D eigenvalue weighted by Crippen LogP contribution is -2.29. The Morgan fingerprint density at radius 1 is 0.905 bits per heavy atom. The number of thioether (sulfide) groups is 1. The maximum absolute atomic E-state index is 13.9. The number of anilines is 1. The van der Waals surface area contributed by atoms with Gasteiger partial charge in [-0.2, -0.15) is 0 Å². The van der Waals surface area contributed by atoms with Crippen LogP contribution in [0.15, 0.2) is 64.5 Å². The Bertz CT molecular complexity index is 1620. The van der Waals surface area contributed by atoms with Crippen LogP contribution in [0.25, 0.3) is 10.9 Å². The average molecular weight is 592 g/mol. The Kier molecular flexibility index (Phi) is 10.4. The second-order valence-corrected chi connectivity index (χ2v) is 10.7. The summed E-state index contributed by atoms with van der Waals surface area (Å²) < 4.78 is 23.4. The first kappa shape index (κ1) is 30.8. The number of aromatic nitrogens is 2. The molecule has 1 N–H and O–H groups in total. The first-order valence-corrected chi connectivity index (χ1v) is 14.7. The van der Waals surface area contributed by atoms with Crippen LogP contribution in [0.5, 0.6) is 23.0 Å². The number of nitrogens with zero attached hydrogens (tertiary/aromatic N) is 2. The number of fused-ring (bicyclic) bond motifs is 1. The molecule has 0 fully saturated rings. The Morgan fingerprint density at radius 3 is 2.24 bits per heavy atom. The molecule has 0 saturated carbocycles. The number of ether oxygens (including phenoxy) is 4. The summed E-state index contributed by atoms with van der Waals surface area (Å²) in [7, 11) is 6.24. The molecule has 0 unspecified atom stereocenters. The molecule has 4 rings (SSSR count). The average Bonchev–Trinajstić information content (AvgIpc) is 3.02. The van der Waals surface area contributed by atoms with E-state index in [9.17, 15) is 9.59 Å². The summed E-state index contributed by atoms with van der Waals surface area (Å²) in [5.41, 5.74) is 3.05. The number of hydrogen-bond acceptors (Lipinski definition) is 8. The number of carbonyl (C=O) groups excluding carboxylic acids is 1. The van der Waals surface area contributed by atoms with E-state index in [2.05, 4.69) is 12.2 Å². The highest BCUT2D eigenvalue weighted by molar-refractivity contribution is 8.00. The van der Waals surface area contributed by atoms with Gasteiger partial charge in [0.15, 0.2) is 28.2 Å². The van der Waals surface area contributed by atoms with Gasteiger partial charge in [0.2, 0.25) is 5.91 Å². The van der Waals surface area contributed by atoms with E-state index >= 15 is 0 Å². The van der Waals surface area contributed by atoms with Gasteiger partial charge in [0.05, 0.1) is 44.6 Å². The molecule has 3 aromatic carbocycles. The minimum atomic E-state index is -0.480. The second-order valence-electron chi connectivity index (χ2n) is 9.53. The number of methoxy groups -OCH3 is 4. The number of carbonyl (C=O) groups is 1. The third-order valence-corrected chi connectivity index (χ3v) is 8.42. The number of nitrogens with one attached hydrogen (secondary N) is 1. The quantitative estimate of drug-likeness (QED) is 0.155. The summed E-state index contributed by atoms with van der Waals surface area (Å²) in [6, 6.07) is 16.8. The zero-order valence-electron chi connectivity index (χ0n) is 24.9. The number of rotatable bonds is 13. The van der Waals surface area contributed by atoms with E-state index in [-0.39, 0.29) is 11.5 Å². The summed E-state index contributed by atoms with van der Waals surface area (Å²) in [6.45, 7) is 4.34. The largest absolute Gasteiger partial charge is 0.493 e. The summed E-state index contributed by atoms with van der Waals surface area (Å²) in [5.74, 6) is 2.01. The molecule has 1 aromatic heterocycles. The molecule has 222 valence electrons. The maximum Gasteiger partial charge on any atom is 0.262 e. The van der Waals surface area contributed by atoms with E-state index in [0.29, 0.717) is 58.4 Å². The van der Waals surface area contributed by atoms with Gasteiger partial charge >= 0.3 is 0 Å². The third kappa shape index (κ3) is 6.65. The first-order valence-electron chi connectivity index (χ1n) is 13.8. The Balaban J connectivity index is 1.73. The molecular formula is C32H37N3O6S. The van der Waals surface area contributed by atoms with Crippen molar-refractivity contribution in [3.63, 3.8) is 0 Å². The minimum absolute atomic E-state index is 0.142. The SMILES string of the molecule is CCc1ccccc1NC(=O)[C@@H](CC)Sc1nc2cc(OC)c(OC)cc2c(=O)n1CCc1ccc(OC)c(OC)c1. The Morgan fingerprint density at radius 2 is 1.57 bits per heavy atom. The summed E-state index contributed by atoms with van der Waals surface area (Å²) in [4.78, 5) is 32.3. The molecule has 0 bridgehead atoms. The van der Waals surface area contributed by atoms with Crippen LogP contribution in [0.1, 0.15) is 31.4 Å². The zero-order valence-corrected chi connectivity index (χ0v) is 25.7. The molecule has 1 heterocycles. The first-order chi connectivity index (χ1) is 20.4. The van der Waals surface area contributed by atoms with Gasteiger partial charge in [-0.1, -0.05) is 49.9 Å². The van der Waals surface area contributed by atoms with E-state index < -0.39 is 5.25 Å². The van der Waals surface area contributed by atoms with Crippen molar-refractivity contribution in [3.8, 4) is 23.0 Å². The lowest BCUT2D eigenvalue weighted by Gasteiger charge is -2.19. The van der Waals surface area contributed by atoms with Gasteiger partial charge in [-0.3, -0.25) is 14.2 Å². The monoisotopic (exact) mass is 591 g/mol. The van der Waals surface area contributed by atoms with Crippen molar-refractivity contribution >= 4 is 34.3 Å². The van der Waals surface area contributed by atoms with Crippen molar-refractivity contribution < 1.29 is 23.7 Å². The van der Waals surface area contributed by atoms with Crippen LogP contribution in [0, 0.1) is 0 Å². The van der Waals surface area contributed by atoms with Crippen LogP contribution in [0.4, 0.5) is 5.69 Å². The van der Waals surface area contributed by atoms with Crippen molar-refractivity contribution in [3.05, 3.63) is 76.1 Å². The highest BCUT2D eigenvalue weighted by Gasteiger charge is 2.23. The van der Waals surface area contributed by atoms with Crippen LogP contribution in [0.2, 0.25) is 0 Å².